The third-order valence-corrected chi connectivity index (χ3v) is 1.03. The van der Waals surface area contributed by atoms with Crippen molar-refractivity contribution < 1.29 is 9.90 Å². The number of aliphatic hydroxyl groups is 1. The molecular weight excluding hydrogens is 118 g/mol. The Hall–Kier alpha value is -1.09. The van der Waals surface area contributed by atoms with Crippen molar-refractivity contribution >= 4 is 5.91 Å². The number of hydrogen-bond donors (Lipinski definition) is 1. The number of carbonyl (C=O) groups is 1. The summed E-state index contributed by atoms with van der Waals surface area (Å²) in [6.07, 6.45) is 3.19. The van der Waals surface area contributed by atoms with Gasteiger partial charge in [-0.3, -0.25) is 9.36 Å². The van der Waals surface area contributed by atoms with Crippen molar-refractivity contribution in [2.75, 3.05) is 6.61 Å². The summed E-state index contributed by atoms with van der Waals surface area (Å²) in [6.45, 7) is -0.436. The number of hydrogen-bond acceptors (Lipinski definition) is 2. The van der Waals surface area contributed by atoms with Crippen LogP contribution < -0.4 is 0 Å². The summed E-state index contributed by atoms with van der Waals surface area (Å²) in [7, 11) is 0. The zero-order chi connectivity index (χ0) is 6.69. The molecule has 0 aliphatic rings. The Labute approximate surface area is 52.5 Å². The van der Waals surface area contributed by atoms with Gasteiger partial charge in [0, 0.05) is 12.4 Å². The first-order chi connectivity index (χ1) is 4.34. The first kappa shape index (κ1) is 6.04. The van der Waals surface area contributed by atoms with Crippen LogP contribution >= 0.6 is 0 Å². The maximum Gasteiger partial charge on any atom is 0.256 e. The van der Waals surface area contributed by atoms with E-state index in [-0.39, 0.29) is 5.91 Å². The number of carbonyl (C=O) groups excluding carboxylic acids is 1. The highest BCUT2D eigenvalue weighted by Gasteiger charge is 1.97. The first-order valence-corrected chi connectivity index (χ1v) is 2.61. The minimum absolute atomic E-state index is 0.306. The lowest BCUT2D eigenvalue weighted by atomic mass is 10.6. The zero-order valence-corrected chi connectivity index (χ0v) is 4.82. The van der Waals surface area contributed by atoms with Crippen LogP contribution in [0.15, 0.2) is 24.5 Å². The summed E-state index contributed by atoms with van der Waals surface area (Å²) in [5, 5.41) is 8.34. The van der Waals surface area contributed by atoms with Crippen LogP contribution in [0.4, 0.5) is 0 Å². The zero-order valence-electron chi connectivity index (χ0n) is 4.82. The summed E-state index contributed by atoms with van der Waals surface area (Å²) in [6, 6.07) is 3.46. The molecule has 0 unspecified atom stereocenters. The SMILES string of the molecule is O=C(CO)n1cccc1. The van der Waals surface area contributed by atoms with Crippen molar-refractivity contribution in [2.45, 2.75) is 0 Å². The minimum Gasteiger partial charge on any atom is -0.387 e. The van der Waals surface area contributed by atoms with Crippen molar-refractivity contribution in [3.8, 4) is 0 Å². The van der Waals surface area contributed by atoms with Gasteiger partial charge in [0.1, 0.15) is 6.61 Å². The van der Waals surface area contributed by atoms with Crippen LogP contribution in [-0.2, 0) is 0 Å². The monoisotopic (exact) mass is 125 g/mol. The molecule has 0 saturated carbocycles. The quantitative estimate of drug-likeness (QED) is 0.579. The van der Waals surface area contributed by atoms with Gasteiger partial charge in [-0.2, -0.15) is 0 Å². The molecule has 0 aliphatic heterocycles. The molecule has 0 aromatic carbocycles. The largest absolute Gasteiger partial charge is 0.387 e. The fourth-order valence-electron chi connectivity index (χ4n) is 0.582. The van der Waals surface area contributed by atoms with Crippen LogP contribution in [0, 0.1) is 0 Å². The van der Waals surface area contributed by atoms with Gasteiger partial charge in [0.15, 0.2) is 0 Å². The molecule has 3 heteroatoms. The Morgan fingerprint density at radius 2 is 2.00 bits per heavy atom. The molecule has 0 bridgehead atoms. The molecule has 48 valence electrons. The van der Waals surface area contributed by atoms with Gasteiger partial charge in [-0.15, -0.1) is 0 Å². The predicted molar refractivity (Wildman–Crippen MR) is 32.1 cm³/mol. The fraction of sp³-hybridized carbons (Fsp3) is 0.167. The lowest BCUT2D eigenvalue weighted by molar-refractivity contribution is 0.0819. The van der Waals surface area contributed by atoms with Gasteiger partial charge in [0.05, 0.1) is 0 Å². The van der Waals surface area contributed by atoms with Gasteiger partial charge in [-0.05, 0) is 12.1 Å². The summed E-state index contributed by atoms with van der Waals surface area (Å²) in [4.78, 5) is 10.6. The van der Waals surface area contributed by atoms with E-state index < -0.39 is 6.61 Å². The number of aromatic nitrogens is 1. The lowest BCUT2D eigenvalue weighted by Gasteiger charge is -1.93. The van der Waals surface area contributed by atoms with Crippen molar-refractivity contribution in [2.24, 2.45) is 0 Å². The van der Waals surface area contributed by atoms with E-state index in [1.54, 1.807) is 24.5 Å². The summed E-state index contributed by atoms with van der Waals surface area (Å²) >= 11 is 0. The van der Waals surface area contributed by atoms with Crippen LogP contribution in [0.1, 0.15) is 4.79 Å². The van der Waals surface area contributed by atoms with E-state index in [4.69, 9.17) is 5.11 Å². The van der Waals surface area contributed by atoms with Gasteiger partial charge >= 0.3 is 0 Å². The molecule has 0 atom stereocenters. The standard InChI is InChI=1S/C6H7NO2/c8-5-6(9)7-3-1-2-4-7/h1-4,8H,5H2. The molecule has 0 saturated heterocycles. The normalized spacial score (nSPS) is 9.44. The summed E-state index contributed by atoms with van der Waals surface area (Å²) in [5.41, 5.74) is 0. The highest BCUT2D eigenvalue weighted by atomic mass is 16.3. The molecule has 3 nitrogen and oxygen atoms in total. The average Bonchev–Trinajstić information content (AvgIpc) is 2.37. The van der Waals surface area contributed by atoms with Crippen molar-refractivity contribution in [3.63, 3.8) is 0 Å². The van der Waals surface area contributed by atoms with E-state index >= 15 is 0 Å². The summed E-state index contributed by atoms with van der Waals surface area (Å²) < 4.78 is 1.33. The second kappa shape index (κ2) is 2.46. The van der Waals surface area contributed by atoms with Crippen LogP contribution in [0.2, 0.25) is 0 Å². The Balaban J connectivity index is 2.77. The highest BCUT2D eigenvalue weighted by Crippen LogP contribution is 1.87. The molecule has 1 rings (SSSR count). The van der Waals surface area contributed by atoms with Crippen LogP contribution in [-0.4, -0.2) is 22.2 Å². The predicted octanol–water partition coefficient (Wildman–Crippen LogP) is 0.121. The molecule has 0 spiro atoms. The van der Waals surface area contributed by atoms with E-state index in [1.165, 1.54) is 4.57 Å². The molecule has 1 N–H and O–H groups in total. The third-order valence-electron chi connectivity index (χ3n) is 1.03. The van der Waals surface area contributed by atoms with Crippen molar-refractivity contribution in [1.82, 2.24) is 4.57 Å². The lowest BCUT2D eigenvalue weighted by Crippen LogP contribution is -2.11. The topological polar surface area (TPSA) is 42.2 Å². The molecule has 0 aliphatic carbocycles. The van der Waals surface area contributed by atoms with Gasteiger partial charge in [-0.1, -0.05) is 0 Å². The summed E-state index contributed by atoms with van der Waals surface area (Å²) in [5.74, 6) is -0.306. The van der Waals surface area contributed by atoms with E-state index in [2.05, 4.69) is 0 Å². The van der Waals surface area contributed by atoms with E-state index in [0.717, 1.165) is 0 Å². The van der Waals surface area contributed by atoms with Gasteiger partial charge in [0.25, 0.3) is 5.91 Å². The van der Waals surface area contributed by atoms with Gasteiger partial charge in [-0.25, -0.2) is 0 Å². The minimum atomic E-state index is -0.436. The maximum absolute atomic E-state index is 10.6. The molecule has 1 aromatic heterocycles. The number of nitrogens with zero attached hydrogens (tertiary/aromatic N) is 1. The van der Waals surface area contributed by atoms with Gasteiger partial charge in [0.2, 0.25) is 0 Å². The Kier molecular flexibility index (Phi) is 1.65. The molecule has 9 heavy (non-hydrogen) atoms. The molecule has 0 amide bonds. The average molecular weight is 125 g/mol. The number of rotatable bonds is 1. The second-order valence-electron chi connectivity index (χ2n) is 1.64. The Bertz CT molecular complexity index is 191. The Morgan fingerprint density at radius 1 is 1.44 bits per heavy atom. The first-order valence-electron chi connectivity index (χ1n) is 2.61. The van der Waals surface area contributed by atoms with Gasteiger partial charge < -0.3 is 5.11 Å². The number of aliphatic hydroxyl groups excluding tert-OH is 1. The van der Waals surface area contributed by atoms with Crippen LogP contribution in [0.3, 0.4) is 0 Å². The molecular formula is C6H7NO2. The fourth-order valence-corrected chi connectivity index (χ4v) is 0.582. The van der Waals surface area contributed by atoms with E-state index in [1.807, 2.05) is 0 Å². The highest BCUT2D eigenvalue weighted by molar-refractivity contribution is 5.79. The van der Waals surface area contributed by atoms with E-state index in [0.29, 0.717) is 0 Å². The Morgan fingerprint density at radius 3 is 2.44 bits per heavy atom. The van der Waals surface area contributed by atoms with E-state index in [9.17, 15) is 4.79 Å². The molecule has 1 heterocycles. The molecule has 0 radical (unpaired) electrons. The van der Waals surface area contributed by atoms with Crippen molar-refractivity contribution in [1.29, 1.82) is 0 Å². The van der Waals surface area contributed by atoms with Crippen LogP contribution in [0.5, 0.6) is 0 Å². The third kappa shape index (κ3) is 1.17. The maximum atomic E-state index is 10.6. The van der Waals surface area contributed by atoms with Crippen molar-refractivity contribution in [3.05, 3.63) is 24.5 Å². The second-order valence-corrected chi connectivity index (χ2v) is 1.64. The van der Waals surface area contributed by atoms with Crippen LogP contribution in [0.25, 0.3) is 0 Å². The smallest absolute Gasteiger partial charge is 0.256 e. The molecule has 0 fully saturated rings. The molecule has 1 aromatic rings.